The lowest BCUT2D eigenvalue weighted by Gasteiger charge is -2.20. The fraction of sp³-hybridized carbons (Fsp3) is 0.450. The van der Waals surface area contributed by atoms with Crippen molar-refractivity contribution >= 4 is 28.7 Å². The molecule has 1 aromatic heterocycles. The third-order valence-electron chi connectivity index (χ3n) is 5.38. The Balaban J connectivity index is 1.29. The second-order valence-corrected chi connectivity index (χ2v) is 7.11. The summed E-state index contributed by atoms with van der Waals surface area (Å²) in [6, 6.07) is 11.9. The SMILES string of the molecule is CN(CCCCN1C(=O)C2CCCN2C1=O)c1ccc2ccccc2n1. The van der Waals surface area contributed by atoms with Crippen LogP contribution in [0.25, 0.3) is 10.9 Å². The van der Waals surface area contributed by atoms with Crippen LogP contribution in [-0.4, -0.2) is 59.4 Å². The molecule has 6 nitrogen and oxygen atoms in total. The minimum atomic E-state index is -0.188. The maximum atomic E-state index is 12.3. The fourth-order valence-corrected chi connectivity index (χ4v) is 3.89. The van der Waals surface area contributed by atoms with Crippen LogP contribution in [0.1, 0.15) is 25.7 Å². The normalized spacial score (nSPS) is 19.5. The van der Waals surface area contributed by atoms with Crippen LogP contribution in [0.2, 0.25) is 0 Å². The highest BCUT2D eigenvalue weighted by molar-refractivity contribution is 6.04. The molecule has 2 saturated heterocycles. The number of urea groups is 1. The zero-order valence-corrected chi connectivity index (χ0v) is 15.1. The average Bonchev–Trinajstić information content (AvgIpc) is 3.23. The molecule has 0 spiro atoms. The molecule has 3 heterocycles. The van der Waals surface area contributed by atoms with Gasteiger partial charge in [0.25, 0.3) is 5.91 Å². The number of carbonyl (C=O) groups is 2. The molecule has 2 aliphatic heterocycles. The van der Waals surface area contributed by atoms with Gasteiger partial charge < -0.3 is 9.80 Å². The van der Waals surface area contributed by atoms with E-state index in [-0.39, 0.29) is 18.0 Å². The van der Waals surface area contributed by atoms with E-state index in [1.54, 1.807) is 4.90 Å². The van der Waals surface area contributed by atoms with Gasteiger partial charge in [0.05, 0.1) is 5.52 Å². The first-order valence-corrected chi connectivity index (χ1v) is 9.34. The van der Waals surface area contributed by atoms with Crippen molar-refractivity contribution in [2.45, 2.75) is 31.7 Å². The number of fused-ring (bicyclic) bond motifs is 2. The number of hydrogen-bond acceptors (Lipinski definition) is 4. The number of para-hydroxylation sites is 1. The summed E-state index contributed by atoms with van der Waals surface area (Å²) in [5.41, 5.74) is 0.991. The molecule has 0 saturated carbocycles. The summed E-state index contributed by atoms with van der Waals surface area (Å²) in [5.74, 6) is 0.940. The van der Waals surface area contributed by atoms with Gasteiger partial charge >= 0.3 is 6.03 Å². The molecule has 1 atom stereocenters. The van der Waals surface area contributed by atoms with Gasteiger partial charge in [0.1, 0.15) is 11.9 Å². The smallest absolute Gasteiger partial charge is 0.327 e. The molecule has 1 unspecified atom stereocenters. The quantitative estimate of drug-likeness (QED) is 0.592. The highest BCUT2D eigenvalue weighted by Gasteiger charge is 2.46. The number of hydrogen-bond donors (Lipinski definition) is 0. The number of imide groups is 1. The number of anilines is 1. The number of carbonyl (C=O) groups excluding carboxylic acids is 2. The minimum Gasteiger partial charge on any atom is -0.360 e. The second kappa shape index (κ2) is 6.94. The predicted octanol–water partition coefficient (Wildman–Crippen LogP) is 2.88. The van der Waals surface area contributed by atoms with Crippen molar-refractivity contribution in [3.8, 4) is 0 Å². The predicted molar refractivity (Wildman–Crippen MR) is 101 cm³/mol. The molecule has 1 aromatic carbocycles. The van der Waals surface area contributed by atoms with Gasteiger partial charge in [-0.1, -0.05) is 18.2 Å². The van der Waals surface area contributed by atoms with Crippen molar-refractivity contribution in [1.29, 1.82) is 0 Å². The Labute approximate surface area is 153 Å². The molecule has 26 heavy (non-hydrogen) atoms. The van der Waals surface area contributed by atoms with Crippen LogP contribution >= 0.6 is 0 Å². The molecular formula is C20H24N4O2. The van der Waals surface area contributed by atoms with E-state index >= 15 is 0 Å². The number of benzene rings is 1. The van der Waals surface area contributed by atoms with Gasteiger partial charge in [-0.25, -0.2) is 9.78 Å². The first-order valence-electron chi connectivity index (χ1n) is 9.34. The first kappa shape index (κ1) is 16.8. The molecule has 4 rings (SSSR count). The minimum absolute atomic E-state index is 0.00273. The topological polar surface area (TPSA) is 56.8 Å². The Kier molecular flexibility index (Phi) is 4.49. The summed E-state index contributed by atoms with van der Waals surface area (Å²) in [4.78, 5) is 34.6. The summed E-state index contributed by atoms with van der Waals surface area (Å²) in [5, 5.41) is 1.14. The number of aromatic nitrogens is 1. The lowest BCUT2D eigenvalue weighted by atomic mass is 10.2. The third kappa shape index (κ3) is 3.00. The molecular weight excluding hydrogens is 328 g/mol. The summed E-state index contributed by atoms with van der Waals surface area (Å²) in [7, 11) is 2.03. The zero-order valence-electron chi connectivity index (χ0n) is 15.1. The molecule has 0 bridgehead atoms. The van der Waals surface area contributed by atoms with E-state index in [1.165, 1.54) is 4.90 Å². The Morgan fingerprint density at radius 2 is 2.00 bits per heavy atom. The van der Waals surface area contributed by atoms with E-state index in [4.69, 9.17) is 4.98 Å². The molecule has 136 valence electrons. The maximum Gasteiger partial charge on any atom is 0.327 e. The molecule has 2 aromatic rings. The number of unbranched alkanes of at least 4 members (excludes halogenated alkanes) is 1. The summed E-state index contributed by atoms with van der Waals surface area (Å²) in [6.07, 6.45) is 3.49. The van der Waals surface area contributed by atoms with E-state index < -0.39 is 0 Å². The van der Waals surface area contributed by atoms with Gasteiger partial charge in [-0.2, -0.15) is 0 Å². The first-order chi connectivity index (χ1) is 12.6. The number of rotatable bonds is 6. The van der Waals surface area contributed by atoms with Crippen molar-refractivity contribution in [2.75, 3.05) is 31.6 Å². The van der Waals surface area contributed by atoms with Crippen molar-refractivity contribution in [3.05, 3.63) is 36.4 Å². The maximum absolute atomic E-state index is 12.3. The van der Waals surface area contributed by atoms with Gasteiger partial charge in [0.15, 0.2) is 0 Å². The summed E-state index contributed by atoms with van der Waals surface area (Å²) >= 11 is 0. The van der Waals surface area contributed by atoms with Crippen LogP contribution < -0.4 is 4.90 Å². The lowest BCUT2D eigenvalue weighted by Crippen LogP contribution is -2.34. The Bertz CT molecular complexity index is 815. The Morgan fingerprint density at radius 1 is 1.15 bits per heavy atom. The van der Waals surface area contributed by atoms with Crippen molar-refractivity contribution in [2.24, 2.45) is 0 Å². The molecule has 2 fully saturated rings. The Hall–Kier alpha value is -2.63. The summed E-state index contributed by atoms with van der Waals surface area (Å²) in [6.45, 7) is 2.08. The van der Waals surface area contributed by atoms with E-state index in [0.29, 0.717) is 6.54 Å². The van der Waals surface area contributed by atoms with Crippen LogP contribution in [0.3, 0.4) is 0 Å². The van der Waals surface area contributed by atoms with Gasteiger partial charge in [-0.05, 0) is 43.9 Å². The van der Waals surface area contributed by atoms with Crippen LogP contribution in [0.5, 0.6) is 0 Å². The lowest BCUT2D eigenvalue weighted by molar-refractivity contribution is -0.128. The van der Waals surface area contributed by atoms with Crippen molar-refractivity contribution in [1.82, 2.24) is 14.8 Å². The van der Waals surface area contributed by atoms with Crippen LogP contribution in [0.4, 0.5) is 10.6 Å². The van der Waals surface area contributed by atoms with Crippen molar-refractivity contribution in [3.63, 3.8) is 0 Å². The Morgan fingerprint density at radius 3 is 2.85 bits per heavy atom. The fourth-order valence-electron chi connectivity index (χ4n) is 3.89. The number of nitrogens with zero attached hydrogens (tertiary/aromatic N) is 4. The number of amides is 3. The van der Waals surface area contributed by atoms with E-state index in [2.05, 4.69) is 17.0 Å². The molecule has 0 aliphatic carbocycles. The van der Waals surface area contributed by atoms with E-state index in [9.17, 15) is 9.59 Å². The highest BCUT2D eigenvalue weighted by Crippen LogP contribution is 2.27. The zero-order chi connectivity index (χ0) is 18.1. The van der Waals surface area contributed by atoms with Gasteiger partial charge in [0, 0.05) is 32.1 Å². The van der Waals surface area contributed by atoms with Gasteiger partial charge in [0.2, 0.25) is 0 Å². The molecule has 0 radical (unpaired) electrons. The highest BCUT2D eigenvalue weighted by atomic mass is 16.2. The number of pyridine rings is 1. The van der Waals surface area contributed by atoms with E-state index in [0.717, 1.165) is 55.5 Å². The molecule has 0 N–H and O–H groups in total. The van der Waals surface area contributed by atoms with Gasteiger partial charge in [-0.15, -0.1) is 0 Å². The van der Waals surface area contributed by atoms with Crippen LogP contribution in [0, 0.1) is 0 Å². The third-order valence-corrected chi connectivity index (χ3v) is 5.38. The summed E-state index contributed by atoms with van der Waals surface area (Å²) < 4.78 is 0. The largest absolute Gasteiger partial charge is 0.360 e. The van der Waals surface area contributed by atoms with Crippen LogP contribution in [-0.2, 0) is 4.79 Å². The second-order valence-electron chi connectivity index (χ2n) is 7.11. The van der Waals surface area contributed by atoms with Crippen molar-refractivity contribution < 1.29 is 9.59 Å². The van der Waals surface area contributed by atoms with Crippen LogP contribution in [0.15, 0.2) is 36.4 Å². The van der Waals surface area contributed by atoms with Gasteiger partial charge in [-0.3, -0.25) is 9.69 Å². The average molecular weight is 352 g/mol. The van der Waals surface area contributed by atoms with E-state index in [1.807, 2.05) is 31.3 Å². The standard InChI is InChI=1S/C20H24N4O2/c1-22(18-11-10-15-7-2-3-8-16(15)21-18)12-4-5-13-24-19(25)17-9-6-14-23(17)20(24)26/h2-3,7-8,10-11,17H,4-6,9,12-14H2,1H3. The molecule has 3 amide bonds. The molecule has 2 aliphatic rings. The monoisotopic (exact) mass is 352 g/mol. The molecule has 6 heteroatoms.